The van der Waals surface area contributed by atoms with Gasteiger partial charge in [0.15, 0.2) is 0 Å². The second kappa shape index (κ2) is 6.69. The molecule has 0 bridgehead atoms. The SMILES string of the molecule is CC(C)(C)Oc1ccc(OC(C)(C)C)c(CBr)c1CBr. The van der Waals surface area contributed by atoms with Gasteiger partial charge in [-0.25, -0.2) is 0 Å². The lowest BCUT2D eigenvalue weighted by atomic mass is 10.1. The summed E-state index contributed by atoms with van der Waals surface area (Å²) in [4.78, 5) is 0. The third-order valence-electron chi connectivity index (χ3n) is 2.44. The van der Waals surface area contributed by atoms with Gasteiger partial charge in [-0.3, -0.25) is 0 Å². The largest absolute Gasteiger partial charge is 0.488 e. The molecule has 0 saturated carbocycles. The first kappa shape index (κ1) is 17.8. The summed E-state index contributed by atoms with van der Waals surface area (Å²) >= 11 is 7.13. The predicted molar refractivity (Wildman–Crippen MR) is 92.5 cm³/mol. The van der Waals surface area contributed by atoms with Gasteiger partial charge in [-0.1, -0.05) is 31.9 Å². The molecule has 0 aliphatic rings. The van der Waals surface area contributed by atoms with Gasteiger partial charge in [0, 0.05) is 21.8 Å². The lowest BCUT2D eigenvalue weighted by Crippen LogP contribution is -2.25. The molecule has 20 heavy (non-hydrogen) atoms. The van der Waals surface area contributed by atoms with Gasteiger partial charge in [0.2, 0.25) is 0 Å². The zero-order chi connectivity index (χ0) is 15.6. The van der Waals surface area contributed by atoms with Gasteiger partial charge in [0.1, 0.15) is 22.7 Å². The molecular weight excluding hydrogens is 384 g/mol. The van der Waals surface area contributed by atoms with Crippen LogP contribution in [-0.4, -0.2) is 11.2 Å². The number of alkyl halides is 2. The first-order chi connectivity index (χ1) is 9.07. The molecule has 1 aromatic carbocycles. The quantitative estimate of drug-likeness (QED) is 0.584. The van der Waals surface area contributed by atoms with E-state index in [1.54, 1.807) is 0 Å². The Morgan fingerprint density at radius 3 is 1.25 bits per heavy atom. The molecule has 0 aliphatic carbocycles. The topological polar surface area (TPSA) is 18.5 Å². The average molecular weight is 408 g/mol. The summed E-state index contributed by atoms with van der Waals surface area (Å²) in [6, 6.07) is 3.99. The van der Waals surface area contributed by atoms with Crippen molar-refractivity contribution in [3.8, 4) is 11.5 Å². The molecular formula is C16H24Br2O2. The molecule has 0 N–H and O–H groups in total. The van der Waals surface area contributed by atoms with E-state index in [1.807, 2.05) is 12.1 Å². The highest BCUT2D eigenvalue weighted by molar-refractivity contribution is 9.09. The molecule has 0 saturated heterocycles. The first-order valence-electron chi connectivity index (χ1n) is 6.72. The number of hydrogen-bond acceptors (Lipinski definition) is 2. The summed E-state index contributed by atoms with van der Waals surface area (Å²) in [5.41, 5.74) is 1.84. The zero-order valence-corrected chi connectivity index (χ0v) is 16.3. The third-order valence-corrected chi connectivity index (χ3v) is 3.57. The molecule has 0 amide bonds. The van der Waals surface area contributed by atoms with E-state index < -0.39 is 0 Å². The molecule has 114 valence electrons. The van der Waals surface area contributed by atoms with Crippen LogP contribution in [0.3, 0.4) is 0 Å². The molecule has 2 nitrogen and oxygen atoms in total. The molecule has 1 aromatic rings. The molecule has 1 rings (SSSR count). The fourth-order valence-electron chi connectivity index (χ4n) is 1.79. The van der Waals surface area contributed by atoms with E-state index in [4.69, 9.17) is 9.47 Å². The summed E-state index contributed by atoms with van der Waals surface area (Å²) in [5, 5.41) is 1.47. The first-order valence-corrected chi connectivity index (χ1v) is 8.96. The van der Waals surface area contributed by atoms with Crippen molar-refractivity contribution in [2.75, 3.05) is 0 Å². The highest BCUT2D eigenvalue weighted by Crippen LogP contribution is 2.36. The number of rotatable bonds is 4. The Bertz CT molecular complexity index is 414. The smallest absolute Gasteiger partial charge is 0.124 e. The molecule has 0 aromatic heterocycles. The van der Waals surface area contributed by atoms with E-state index in [2.05, 4.69) is 73.4 Å². The molecule has 4 heteroatoms. The lowest BCUT2D eigenvalue weighted by molar-refractivity contribution is 0.123. The summed E-state index contributed by atoms with van der Waals surface area (Å²) < 4.78 is 12.1. The zero-order valence-electron chi connectivity index (χ0n) is 13.1. The number of benzene rings is 1. The van der Waals surface area contributed by atoms with Crippen LogP contribution in [0.4, 0.5) is 0 Å². The van der Waals surface area contributed by atoms with Gasteiger partial charge >= 0.3 is 0 Å². The van der Waals surface area contributed by atoms with Gasteiger partial charge in [-0.15, -0.1) is 0 Å². The van der Waals surface area contributed by atoms with E-state index in [0.717, 1.165) is 33.3 Å². The maximum Gasteiger partial charge on any atom is 0.124 e. The molecule has 0 radical (unpaired) electrons. The van der Waals surface area contributed by atoms with Crippen LogP contribution in [0.5, 0.6) is 11.5 Å². The van der Waals surface area contributed by atoms with Crippen LogP contribution in [0.2, 0.25) is 0 Å². The minimum Gasteiger partial charge on any atom is -0.488 e. The van der Waals surface area contributed by atoms with Crippen LogP contribution in [0, 0.1) is 0 Å². The number of hydrogen-bond donors (Lipinski definition) is 0. The second-order valence-electron chi connectivity index (χ2n) is 6.72. The number of halogens is 2. The van der Waals surface area contributed by atoms with Crippen molar-refractivity contribution in [1.29, 1.82) is 0 Å². The fourth-order valence-corrected chi connectivity index (χ4v) is 3.02. The van der Waals surface area contributed by atoms with Gasteiger partial charge in [-0.05, 0) is 53.7 Å². The summed E-state index contributed by atoms with van der Waals surface area (Å²) in [6.07, 6.45) is 0. The highest BCUT2D eigenvalue weighted by atomic mass is 79.9. The molecule has 0 spiro atoms. The minimum atomic E-state index is -0.215. The van der Waals surface area contributed by atoms with Crippen molar-refractivity contribution in [2.45, 2.75) is 63.4 Å². The van der Waals surface area contributed by atoms with Crippen LogP contribution < -0.4 is 9.47 Å². The molecule has 0 heterocycles. The van der Waals surface area contributed by atoms with Crippen molar-refractivity contribution < 1.29 is 9.47 Å². The highest BCUT2D eigenvalue weighted by Gasteiger charge is 2.21. The van der Waals surface area contributed by atoms with Crippen molar-refractivity contribution in [3.63, 3.8) is 0 Å². The van der Waals surface area contributed by atoms with Gasteiger partial charge in [0.25, 0.3) is 0 Å². The minimum absolute atomic E-state index is 0.215. The van der Waals surface area contributed by atoms with Gasteiger partial charge < -0.3 is 9.47 Å². The van der Waals surface area contributed by atoms with E-state index in [-0.39, 0.29) is 11.2 Å². The normalized spacial score (nSPS) is 12.4. The van der Waals surface area contributed by atoms with Crippen molar-refractivity contribution in [2.24, 2.45) is 0 Å². The van der Waals surface area contributed by atoms with Crippen LogP contribution in [0.1, 0.15) is 52.7 Å². The Labute approximate surface area is 139 Å². The Morgan fingerprint density at radius 2 is 1.05 bits per heavy atom. The predicted octanol–water partition coefficient (Wildman–Crippen LogP) is 5.83. The van der Waals surface area contributed by atoms with E-state index in [9.17, 15) is 0 Å². The lowest BCUT2D eigenvalue weighted by Gasteiger charge is -2.27. The second-order valence-corrected chi connectivity index (χ2v) is 7.84. The Morgan fingerprint density at radius 1 is 0.750 bits per heavy atom. The molecule has 0 unspecified atom stereocenters. The van der Waals surface area contributed by atoms with E-state index >= 15 is 0 Å². The summed E-state index contributed by atoms with van der Waals surface area (Å²) in [7, 11) is 0. The third kappa shape index (κ3) is 5.28. The molecule has 0 aliphatic heterocycles. The van der Waals surface area contributed by atoms with Gasteiger partial charge in [0.05, 0.1) is 0 Å². The van der Waals surface area contributed by atoms with Crippen molar-refractivity contribution in [3.05, 3.63) is 23.3 Å². The fraction of sp³-hybridized carbons (Fsp3) is 0.625. The standard InChI is InChI=1S/C16H24Br2O2/c1-15(2,3)19-13-7-8-14(20-16(4,5)6)12(10-18)11(13)9-17/h7-8H,9-10H2,1-6H3. The van der Waals surface area contributed by atoms with E-state index in [1.165, 1.54) is 0 Å². The summed E-state index contributed by atoms with van der Waals surface area (Å²) in [5.74, 6) is 1.81. The Hall–Kier alpha value is -0.220. The van der Waals surface area contributed by atoms with Crippen LogP contribution in [0.15, 0.2) is 12.1 Å². The number of ether oxygens (including phenoxy) is 2. The molecule has 0 atom stereocenters. The van der Waals surface area contributed by atoms with E-state index in [0.29, 0.717) is 0 Å². The van der Waals surface area contributed by atoms with Crippen LogP contribution in [0.25, 0.3) is 0 Å². The molecule has 0 fully saturated rings. The van der Waals surface area contributed by atoms with Crippen LogP contribution in [-0.2, 0) is 10.7 Å². The monoisotopic (exact) mass is 406 g/mol. The summed E-state index contributed by atoms with van der Waals surface area (Å²) in [6.45, 7) is 12.3. The maximum atomic E-state index is 6.04. The maximum absolute atomic E-state index is 6.04. The van der Waals surface area contributed by atoms with Crippen molar-refractivity contribution in [1.82, 2.24) is 0 Å². The van der Waals surface area contributed by atoms with Crippen LogP contribution >= 0.6 is 31.9 Å². The Kier molecular flexibility index (Phi) is 5.97. The average Bonchev–Trinajstić information content (AvgIpc) is 2.26. The van der Waals surface area contributed by atoms with Gasteiger partial charge in [-0.2, -0.15) is 0 Å². The van der Waals surface area contributed by atoms with Crippen molar-refractivity contribution >= 4 is 31.9 Å². The Balaban J connectivity index is 3.26.